The van der Waals surface area contributed by atoms with Crippen molar-refractivity contribution in [3.63, 3.8) is 0 Å². The number of rotatable bonds is 6. The first kappa shape index (κ1) is 17.2. The molecule has 2 aliphatic heterocycles. The van der Waals surface area contributed by atoms with Crippen LogP contribution in [-0.2, 0) is 9.59 Å². The number of carboxylic acid groups (broad SMARTS) is 1. The van der Waals surface area contributed by atoms with E-state index in [9.17, 15) is 14.7 Å². The molecule has 0 spiro atoms. The highest BCUT2D eigenvalue weighted by Crippen LogP contribution is 2.41. The molecule has 9 heteroatoms. The van der Waals surface area contributed by atoms with Crippen LogP contribution in [0.25, 0.3) is 0 Å². The number of amides is 1. The van der Waals surface area contributed by atoms with Crippen LogP contribution in [0.3, 0.4) is 0 Å². The van der Waals surface area contributed by atoms with Crippen LogP contribution in [0.5, 0.6) is 0 Å². The molecule has 2 saturated heterocycles. The van der Waals surface area contributed by atoms with Gasteiger partial charge < -0.3 is 25.8 Å². The molecule has 2 aliphatic rings. The first-order valence-corrected chi connectivity index (χ1v) is 7.70. The summed E-state index contributed by atoms with van der Waals surface area (Å²) in [6, 6.07) is -0.822. The van der Waals surface area contributed by atoms with E-state index in [1.54, 1.807) is 11.8 Å². The number of nitrogens with one attached hydrogen (secondary N) is 1. The lowest BCUT2D eigenvalue weighted by Crippen LogP contribution is -2.61. The topological polar surface area (TPSA) is 136 Å². The second-order valence-electron chi connectivity index (χ2n) is 6.31. The second-order valence-corrected chi connectivity index (χ2v) is 6.31. The number of carboxylic acids is 1. The summed E-state index contributed by atoms with van der Waals surface area (Å²) in [6.45, 7) is 2.43. The molecule has 2 fully saturated rings. The van der Waals surface area contributed by atoms with Crippen molar-refractivity contribution in [2.75, 3.05) is 13.1 Å². The molecule has 0 aromatic heterocycles. The molecule has 6 N–H and O–H groups in total. The molecule has 0 aliphatic carbocycles. The first-order chi connectivity index (χ1) is 10.3. The number of nitrogens with two attached hydrogens (primary N) is 1. The highest BCUT2D eigenvalue weighted by molar-refractivity contribution is 6.40. The average molecular weight is 313 g/mol. The maximum absolute atomic E-state index is 12.2. The number of hydrogen-bond acceptors (Lipinski definition) is 6. The van der Waals surface area contributed by atoms with Gasteiger partial charge in [0.2, 0.25) is 5.91 Å². The van der Waals surface area contributed by atoms with Crippen LogP contribution in [0.2, 0.25) is 6.32 Å². The summed E-state index contributed by atoms with van der Waals surface area (Å²) < 4.78 is 0. The molecule has 0 saturated carbocycles. The Morgan fingerprint density at radius 1 is 1.50 bits per heavy atom. The molecule has 22 heavy (non-hydrogen) atoms. The summed E-state index contributed by atoms with van der Waals surface area (Å²) in [7, 11) is -1.39. The lowest BCUT2D eigenvalue weighted by Gasteiger charge is -2.44. The maximum atomic E-state index is 12.2. The van der Waals surface area contributed by atoms with Crippen molar-refractivity contribution in [1.29, 1.82) is 0 Å². The lowest BCUT2D eigenvalue weighted by atomic mass is 9.72. The predicted octanol–water partition coefficient (Wildman–Crippen LogP) is -1.77. The van der Waals surface area contributed by atoms with E-state index in [-0.39, 0.29) is 24.2 Å². The molecule has 0 aromatic rings. The molecular weight excluding hydrogens is 289 g/mol. The predicted molar refractivity (Wildman–Crippen MR) is 79.9 cm³/mol. The minimum absolute atomic E-state index is 0.167. The van der Waals surface area contributed by atoms with Crippen LogP contribution in [0, 0.1) is 5.92 Å². The number of piperidine rings is 1. The van der Waals surface area contributed by atoms with E-state index in [2.05, 4.69) is 5.32 Å². The van der Waals surface area contributed by atoms with Crippen molar-refractivity contribution in [2.45, 2.75) is 50.1 Å². The molecule has 1 amide bonds. The highest BCUT2D eigenvalue weighted by Gasteiger charge is 2.58. The Bertz CT molecular complexity index is 447. The third-order valence-corrected chi connectivity index (χ3v) is 4.90. The van der Waals surface area contributed by atoms with Crippen LogP contribution < -0.4 is 11.1 Å². The molecular formula is C13H24BN3O5. The van der Waals surface area contributed by atoms with Gasteiger partial charge in [0.25, 0.3) is 0 Å². The van der Waals surface area contributed by atoms with Crippen LogP contribution in [-0.4, -0.2) is 69.8 Å². The van der Waals surface area contributed by atoms with E-state index < -0.39 is 24.7 Å². The fourth-order valence-corrected chi connectivity index (χ4v) is 3.79. The van der Waals surface area contributed by atoms with E-state index in [1.165, 1.54) is 0 Å². The van der Waals surface area contributed by atoms with Crippen LogP contribution in [0.1, 0.15) is 26.2 Å². The molecule has 4 atom stereocenters. The summed E-state index contributed by atoms with van der Waals surface area (Å²) in [5.74, 6) is -1.32. The Balaban J connectivity index is 2.17. The van der Waals surface area contributed by atoms with E-state index >= 15 is 0 Å². The van der Waals surface area contributed by atoms with Gasteiger partial charge in [0.15, 0.2) is 0 Å². The molecule has 2 heterocycles. The Hall–Kier alpha value is -1.16. The quantitative estimate of drug-likeness (QED) is 0.366. The number of carbonyl (C=O) groups is 2. The van der Waals surface area contributed by atoms with Gasteiger partial charge in [0.05, 0.1) is 6.04 Å². The van der Waals surface area contributed by atoms with Crippen molar-refractivity contribution in [3.05, 3.63) is 0 Å². The standard InChI is InChI=1S/C13H24BN3O5/c1-8(15)11(18)17-6-4-13(12(19)20)9(10(17)7-16-13)3-2-5-14(21)22/h8-10,16,21-22H,2-7,15H2,1H3,(H,19,20)/t8-,9?,10?,13+/m0/s1. The normalized spacial score (nSPS) is 31.9. The zero-order chi connectivity index (χ0) is 16.5. The number of nitrogens with zero attached hydrogens (tertiary/aromatic N) is 1. The van der Waals surface area contributed by atoms with E-state index in [4.69, 9.17) is 15.8 Å². The van der Waals surface area contributed by atoms with E-state index in [1.807, 2.05) is 0 Å². The van der Waals surface area contributed by atoms with Crippen molar-refractivity contribution < 1.29 is 24.7 Å². The maximum Gasteiger partial charge on any atom is 0.451 e. The Morgan fingerprint density at radius 3 is 2.73 bits per heavy atom. The minimum atomic E-state index is -1.39. The zero-order valence-electron chi connectivity index (χ0n) is 12.7. The minimum Gasteiger partial charge on any atom is -0.480 e. The van der Waals surface area contributed by atoms with Gasteiger partial charge in [-0.1, -0.05) is 6.42 Å². The van der Waals surface area contributed by atoms with Gasteiger partial charge in [-0.25, -0.2) is 0 Å². The summed E-state index contributed by atoms with van der Waals surface area (Å²) in [5, 5.41) is 30.6. The largest absolute Gasteiger partial charge is 0.480 e. The molecule has 2 unspecified atom stereocenters. The molecule has 0 aromatic carbocycles. The fraction of sp³-hybridized carbons (Fsp3) is 0.846. The average Bonchev–Trinajstić information content (AvgIpc) is 2.67. The summed E-state index contributed by atoms with van der Waals surface area (Å²) in [4.78, 5) is 25.7. The fourth-order valence-electron chi connectivity index (χ4n) is 3.79. The van der Waals surface area contributed by atoms with Gasteiger partial charge in [-0.3, -0.25) is 14.9 Å². The van der Waals surface area contributed by atoms with Crippen LogP contribution >= 0.6 is 0 Å². The first-order valence-electron chi connectivity index (χ1n) is 7.70. The number of hydrogen-bond donors (Lipinski definition) is 5. The molecule has 124 valence electrons. The summed E-state index contributed by atoms with van der Waals surface area (Å²) in [6.07, 6.45) is 1.55. The summed E-state index contributed by atoms with van der Waals surface area (Å²) >= 11 is 0. The molecule has 2 rings (SSSR count). The van der Waals surface area contributed by atoms with Crippen LogP contribution in [0.15, 0.2) is 0 Å². The number of aliphatic carboxylic acids is 1. The Morgan fingerprint density at radius 2 is 2.18 bits per heavy atom. The highest BCUT2D eigenvalue weighted by atomic mass is 16.4. The van der Waals surface area contributed by atoms with Crippen LogP contribution in [0.4, 0.5) is 0 Å². The third-order valence-electron chi connectivity index (χ3n) is 4.90. The second kappa shape index (κ2) is 6.53. The van der Waals surface area contributed by atoms with E-state index in [0.717, 1.165) is 0 Å². The summed E-state index contributed by atoms with van der Waals surface area (Å²) in [5.41, 5.74) is 4.65. The van der Waals surface area contributed by atoms with Gasteiger partial charge in [-0.05, 0) is 26.1 Å². The molecule has 0 radical (unpaired) electrons. The van der Waals surface area contributed by atoms with E-state index in [0.29, 0.717) is 32.4 Å². The smallest absolute Gasteiger partial charge is 0.451 e. The van der Waals surface area contributed by atoms with Gasteiger partial charge in [-0.2, -0.15) is 0 Å². The SMILES string of the molecule is C[C@H](N)C(=O)N1CC[C@@]2(C(=O)O)NCC1C2CCCB(O)O. The van der Waals surface area contributed by atoms with Gasteiger partial charge in [-0.15, -0.1) is 0 Å². The number of carbonyl (C=O) groups excluding carboxylic acids is 1. The zero-order valence-corrected chi connectivity index (χ0v) is 12.7. The van der Waals surface area contributed by atoms with Gasteiger partial charge in [0.1, 0.15) is 5.54 Å². The van der Waals surface area contributed by atoms with Crippen molar-refractivity contribution in [3.8, 4) is 0 Å². The monoisotopic (exact) mass is 313 g/mol. The van der Waals surface area contributed by atoms with Gasteiger partial charge in [0, 0.05) is 25.0 Å². The lowest BCUT2D eigenvalue weighted by molar-refractivity contribution is -0.152. The number of fused-ring (bicyclic) bond motifs is 2. The molecule has 2 bridgehead atoms. The Kier molecular flexibility index (Phi) is 5.11. The van der Waals surface area contributed by atoms with Crippen molar-refractivity contribution in [2.24, 2.45) is 11.7 Å². The van der Waals surface area contributed by atoms with Crippen molar-refractivity contribution in [1.82, 2.24) is 10.2 Å². The third kappa shape index (κ3) is 2.98. The van der Waals surface area contributed by atoms with Crippen molar-refractivity contribution >= 4 is 19.0 Å². The Labute approximate surface area is 129 Å². The number of likely N-dealkylation sites (tertiary alicyclic amines) is 1. The molecule has 8 nitrogen and oxygen atoms in total. The van der Waals surface area contributed by atoms with Gasteiger partial charge >= 0.3 is 13.1 Å².